The lowest BCUT2D eigenvalue weighted by Gasteiger charge is -2.23. The van der Waals surface area contributed by atoms with E-state index in [9.17, 15) is 9.18 Å². The van der Waals surface area contributed by atoms with Gasteiger partial charge in [-0.25, -0.2) is 9.18 Å². The van der Waals surface area contributed by atoms with E-state index in [0.717, 1.165) is 26.1 Å². The fourth-order valence-corrected chi connectivity index (χ4v) is 3.26. The third-order valence-electron chi connectivity index (χ3n) is 4.55. The Balaban J connectivity index is 1.55. The molecule has 2 saturated heterocycles. The van der Waals surface area contributed by atoms with Gasteiger partial charge in [0, 0.05) is 25.7 Å². The summed E-state index contributed by atoms with van der Waals surface area (Å²) < 4.78 is 17.9. The number of amides is 1. The third kappa shape index (κ3) is 3.18. The Morgan fingerprint density at radius 3 is 2.71 bits per heavy atom. The summed E-state index contributed by atoms with van der Waals surface area (Å²) in [7, 11) is 0. The van der Waals surface area contributed by atoms with Gasteiger partial charge in [-0.2, -0.15) is 0 Å². The summed E-state index contributed by atoms with van der Waals surface area (Å²) in [6, 6.07) is 7.31. The molecule has 2 aliphatic rings. The molecule has 21 heavy (non-hydrogen) atoms. The molecule has 1 aromatic rings. The molecule has 5 heteroatoms. The second kappa shape index (κ2) is 6.02. The molecule has 0 radical (unpaired) electrons. The van der Waals surface area contributed by atoms with Gasteiger partial charge in [-0.05, 0) is 37.0 Å². The van der Waals surface area contributed by atoms with Crippen LogP contribution in [0.25, 0.3) is 0 Å². The number of carbonyl (C=O) groups excluding carboxylic acids is 1. The highest BCUT2D eigenvalue weighted by Gasteiger charge is 2.31. The summed E-state index contributed by atoms with van der Waals surface area (Å²) in [5.41, 5.74) is 1.20. The van der Waals surface area contributed by atoms with Crippen molar-refractivity contribution in [2.45, 2.75) is 25.3 Å². The van der Waals surface area contributed by atoms with Crippen LogP contribution in [0.1, 0.15) is 24.8 Å². The number of hydrogen-bond acceptors (Lipinski definition) is 3. The molecule has 0 spiro atoms. The van der Waals surface area contributed by atoms with Crippen LogP contribution in [-0.4, -0.2) is 54.7 Å². The molecule has 1 amide bonds. The van der Waals surface area contributed by atoms with Gasteiger partial charge in [0.2, 0.25) is 0 Å². The molecule has 4 nitrogen and oxygen atoms in total. The van der Waals surface area contributed by atoms with E-state index < -0.39 is 0 Å². The number of nitrogens with zero attached hydrogens (tertiary/aromatic N) is 2. The van der Waals surface area contributed by atoms with Crippen LogP contribution < -0.4 is 0 Å². The van der Waals surface area contributed by atoms with Crippen LogP contribution in [-0.2, 0) is 4.74 Å². The molecule has 1 aromatic carbocycles. The van der Waals surface area contributed by atoms with Crippen LogP contribution in [0.2, 0.25) is 0 Å². The number of rotatable bonds is 4. The highest BCUT2D eigenvalue weighted by molar-refractivity contribution is 5.69. The van der Waals surface area contributed by atoms with Gasteiger partial charge in [0.25, 0.3) is 0 Å². The number of halogens is 1. The molecule has 114 valence electrons. The van der Waals surface area contributed by atoms with Crippen molar-refractivity contribution in [3.63, 3.8) is 0 Å². The Morgan fingerprint density at radius 2 is 2.05 bits per heavy atom. The number of benzene rings is 1. The van der Waals surface area contributed by atoms with Crippen molar-refractivity contribution in [3.8, 4) is 0 Å². The molecular formula is C16H21FN2O2. The molecule has 0 unspecified atom stereocenters. The number of likely N-dealkylation sites (tertiary alicyclic amines) is 1. The molecule has 0 saturated carbocycles. The summed E-state index contributed by atoms with van der Waals surface area (Å²) in [5.74, 6) is 0.264. The Kier molecular flexibility index (Phi) is 4.10. The van der Waals surface area contributed by atoms with Crippen LogP contribution in [0.5, 0.6) is 0 Å². The van der Waals surface area contributed by atoms with Crippen molar-refractivity contribution >= 4 is 6.09 Å². The van der Waals surface area contributed by atoms with E-state index in [-0.39, 0.29) is 11.9 Å². The van der Waals surface area contributed by atoms with Gasteiger partial charge in [0.1, 0.15) is 12.4 Å². The predicted molar refractivity (Wildman–Crippen MR) is 77.7 cm³/mol. The standard InChI is InChI=1S/C16H21FN2O2/c1-12-10-14(13-2-4-15(17)5-3-13)11-19(12)7-6-18-8-9-21-16(18)20/h2-5,12,14H,6-11H2,1H3/t12-,14+/m0/s1. The molecule has 2 aliphatic heterocycles. The molecule has 2 atom stereocenters. The molecule has 2 fully saturated rings. The monoisotopic (exact) mass is 292 g/mol. The van der Waals surface area contributed by atoms with Gasteiger partial charge in [-0.15, -0.1) is 0 Å². The SMILES string of the molecule is C[C@H]1C[C@@H](c2ccc(F)cc2)CN1CCN1CCOC1=O. The van der Waals surface area contributed by atoms with Gasteiger partial charge >= 0.3 is 6.09 Å². The first-order chi connectivity index (χ1) is 10.1. The molecule has 2 heterocycles. The van der Waals surface area contributed by atoms with Gasteiger partial charge < -0.3 is 9.64 Å². The maximum atomic E-state index is 13.0. The van der Waals surface area contributed by atoms with Gasteiger partial charge in [-0.1, -0.05) is 12.1 Å². The predicted octanol–water partition coefficient (Wildman–Crippen LogP) is 2.46. The Hall–Kier alpha value is -1.62. The van der Waals surface area contributed by atoms with E-state index >= 15 is 0 Å². The Morgan fingerprint density at radius 1 is 1.29 bits per heavy atom. The van der Waals surface area contributed by atoms with Crippen LogP contribution in [0.15, 0.2) is 24.3 Å². The summed E-state index contributed by atoms with van der Waals surface area (Å²) >= 11 is 0. The number of hydrogen-bond donors (Lipinski definition) is 0. The van der Waals surface area contributed by atoms with Crippen LogP contribution in [0, 0.1) is 5.82 Å². The quantitative estimate of drug-likeness (QED) is 0.854. The van der Waals surface area contributed by atoms with Crippen molar-refractivity contribution < 1.29 is 13.9 Å². The molecule has 0 bridgehead atoms. The van der Waals surface area contributed by atoms with E-state index in [1.807, 2.05) is 12.1 Å². The van der Waals surface area contributed by atoms with Gasteiger partial charge in [0.05, 0.1) is 6.54 Å². The number of cyclic esters (lactones) is 1. The molecule has 3 rings (SSSR count). The summed E-state index contributed by atoms with van der Waals surface area (Å²) in [6.45, 7) is 5.98. The lowest BCUT2D eigenvalue weighted by atomic mass is 9.97. The smallest absolute Gasteiger partial charge is 0.409 e. The van der Waals surface area contributed by atoms with Crippen molar-refractivity contribution in [2.24, 2.45) is 0 Å². The van der Waals surface area contributed by atoms with Crippen molar-refractivity contribution in [3.05, 3.63) is 35.6 Å². The number of ether oxygens (including phenoxy) is 1. The molecular weight excluding hydrogens is 271 g/mol. The van der Waals surface area contributed by atoms with Crippen LogP contribution >= 0.6 is 0 Å². The Labute approximate surface area is 124 Å². The second-order valence-corrected chi connectivity index (χ2v) is 5.93. The van der Waals surface area contributed by atoms with E-state index in [1.54, 1.807) is 4.90 Å². The lowest BCUT2D eigenvalue weighted by molar-refractivity contribution is 0.152. The first-order valence-electron chi connectivity index (χ1n) is 7.54. The first kappa shape index (κ1) is 14.3. The van der Waals surface area contributed by atoms with Gasteiger partial charge in [0.15, 0.2) is 0 Å². The van der Waals surface area contributed by atoms with E-state index in [0.29, 0.717) is 25.1 Å². The molecule has 0 N–H and O–H groups in total. The number of carbonyl (C=O) groups is 1. The lowest BCUT2D eigenvalue weighted by Crippen LogP contribution is -2.37. The fourth-order valence-electron chi connectivity index (χ4n) is 3.26. The topological polar surface area (TPSA) is 32.8 Å². The summed E-state index contributed by atoms with van der Waals surface area (Å²) in [6.07, 6.45) is 0.882. The minimum absolute atomic E-state index is 0.186. The summed E-state index contributed by atoms with van der Waals surface area (Å²) in [5, 5.41) is 0. The summed E-state index contributed by atoms with van der Waals surface area (Å²) in [4.78, 5) is 15.6. The van der Waals surface area contributed by atoms with E-state index in [2.05, 4.69) is 11.8 Å². The van der Waals surface area contributed by atoms with Crippen molar-refractivity contribution in [1.82, 2.24) is 9.80 Å². The largest absolute Gasteiger partial charge is 0.448 e. The first-order valence-corrected chi connectivity index (χ1v) is 7.54. The zero-order valence-electron chi connectivity index (χ0n) is 12.3. The normalized spacial score (nSPS) is 26.4. The fraction of sp³-hybridized carbons (Fsp3) is 0.562. The van der Waals surface area contributed by atoms with Crippen LogP contribution in [0.3, 0.4) is 0 Å². The highest BCUT2D eigenvalue weighted by Crippen LogP contribution is 2.31. The van der Waals surface area contributed by atoms with E-state index in [4.69, 9.17) is 4.74 Å². The maximum Gasteiger partial charge on any atom is 0.409 e. The van der Waals surface area contributed by atoms with E-state index in [1.165, 1.54) is 17.7 Å². The molecule has 0 aromatic heterocycles. The zero-order chi connectivity index (χ0) is 14.8. The second-order valence-electron chi connectivity index (χ2n) is 5.93. The average molecular weight is 292 g/mol. The van der Waals surface area contributed by atoms with Crippen molar-refractivity contribution in [2.75, 3.05) is 32.8 Å². The molecule has 0 aliphatic carbocycles. The van der Waals surface area contributed by atoms with Crippen LogP contribution in [0.4, 0.5) is 9.18 Å². The Bertz CT molecular complexity index is 506. The zero-order valence-corrected chi connectivity index (χ0v) is 12.3. The average Bonchev–Trinajstić information content (AvgIpc) is 3.04. The third-order valence-corrected chi connectivity index (χ3v) is 4.55. The van der Waals surface area contributed by atoms with Gasteiger partial charge in [-0.3, -0.25) is 4.90 Å². The highest BCUT2D eigenvalue weighted by atomic mass is 19.1. The minimum atomic E-state index is -0.197. The minimum Gasteiger partial charge on any atom is -0.448 e. The maximum absolute atomic E-state index is 13.0. The van der Waals surface area contributed by atoms with Crippen molar-refractivity contribution in [1.29, 1.82) is 0 Å².